The molecule has 3 saturated heterocycles. The second-order valence-electron chi connectivity index (χ2n) is 7.34. The van der Waals surface area contributed by atoms with E-state index in [0.717, 1.165) is 13.1 Å². The van der Waals surface area contributed by atoms with Gasteiger partial charge in [0.05, 0.1) is 6.04 Å². The van der Waals surface area contributed by atoms with Gasteiger partial charge in [-0.2, -0.15) is 0 Å². The largest absolute Gasteiger partial charge is 0.341 e. The normalized spacial score (nSPS) is 34.8. The highest BCUT2D eigenvalue weighted by atomic mass is 16.2. The molecule has 0 aromatic heterocycles. The molecule has 2 bridgehead atoms. The highest BCUT2D eigenvalue weighted by molar-refractivity contribution is 5.81. The van der Waals surface area contributed by atoms with E-state index in [9.17, 15) is 4.79 Å². The molecule has 4 heteroatoms. The fourth-order valence-electron chi connectivity index (χ4n) is 4.41. The number of nitrogens with zero attached hydrogens (tertiary/aromatic N) is 2. The van der Waals surface area contributed by atoms with Gasteiger partial charge in [-0.25, -0.2) is 0 Å². The minimum atomic E-state index is 0.0330. The lowest BCUT2D eigenvalue weighted by Gasteiger charge is -2.39. The fraction of sp³-hybridized carbons (Fsp3) is 0.941. The van der Waals surface area contributed by atoms with E-state index in [4.69, 9.17) is 0 Å². The zero-order chi connectivity index (χ0) is 14.8. The smallest absolute Gasteiger partial charge is 0.239 e. The van der Waals surface area contributed by atoms with Gasteiger partial charge in [0.2, 0.25) is 5.91 Å². The van der Waals surface area contributed by atoms with Crippen molar-refractivity contribution in [1.82, 2.24) is 15.1 Å². The van der Waals surface area contributed by atoms with Crippen LogP contribution in [-0.2, 0) is 4.79 Å². The van der Waals surface area contributed by atoms with E-state index in [2.05, 4.69) is 29.1 Å². The van der Waals surface area contributed by atoms with Gasteiger partial charge >= 0.3 is 0 Å². The van der Waals surface area contributed by atoms with Gasteiger partial charge < -0.3 is 10.2 Å². The van der Waals surface area contributed by atoms with Crippen LogP contribution in [0.15, 0.2) is 0 Å². The minimum Gasteiger partial charge on any atom is -0.341 e. The maximum absolute atomic E-state index is 12.8. The Morgan fingerprint density at radius 3 is 2.24 bits per heavy atom. The molecule has 3 atom stereocenters. The molecular weight excluding hydrogens is 262 g/mol. The van der Waals surface area contributed by atoms with Crippen molar-refractivity contribution in [1.29, 1.82) is 0 Å². The number of nitrogens with one attached hydrogen (secondary N) is 1. The van der Waals surface area contributed by atoms with Crippen molar-refractivity contribution in [2.75, 3.05) is 20.1 Å². The predicted molar refractivity (Wildman–Crippen MR) is 85.2 cm³/mol. The van der Waals surface area contributed by atoms with Crippen molar-refractivity contribution in [2.45, 2.75) is 82.5 Å². The molecule has 1 amide bonds. The maximum atomic E-state index is 12.8. The van der Waals surface area contributed by atoms with Crippen molar-refractivity contribution < 1.29 is 4.79 Å². The van der Waals surface area contributed by atoms with Gasteiger partial charge in [0, 0.05) is 31.2 Å². The molecule has 3 aliphatic rings. The minimum absolute atomic E-state index is 0.0330. The van der Waals surface area contributed by atoms with Crippen molar-refractivity contribution in [3.8, 4) is 0 Å². The Morgan fingerprint density at radius 1 is 1.10 bits per heavy atom. The van der Waals surface area contributed by atoms with Gasteiger partial charge in [-0.3, -0.25) is 9.69 Å². The number of carbonyl (C=O) groups excluding carboxylic acids is 1. The molecule has 0 spiro atoms. The Morgan fingerprint density at radius 2 is 1.67 bits per heavy atom. The first-order valence-corrected chi connectivity index (χ1v) is 8.92. The molecule has 3 heterocycles. The van der Waals surface area contributed by atoms with Crippen LogP contribution in [-0.4, -0.2) is 60.0 Å². The number of amides is 1. The summed E-state index contributed by atoms with van der Waals surface area (Å²) >= 11 is 0. The van der Waals surface area contributed by atoms with Crippen LogP contribution in [0.2, 0.25) is 0 Å². The van der Waals surface area contributed by atoms with Crippen LogP contribution in [0.4, 0.5) is 0 Å². The zero-order valence-corrected chi connectivity index (χ0v) is 13.7. The van der Waals surface area contributed by atoms with Gasteiger partial charge in [0.25, 0.3) is 0 Å². The molecule has 0 radical (unpaired) electrons. The molecule has 3 unspecified atom stereocenters. The highest BCUT2D eigenvalue weighted by Gasteiger charge is 2.37. The number of carbonyl (C=O) groups is 1. The number of rotatable bonds is 3. The first-order chi connectivity index (χ1) is 10.1. The molecule has 0 aromatic rings. The maximum Gasteiger partial charge on any atom is 0.239 e. The molecule has 1 N–H and O–H groups in total. The Labute approximate surface area is 129 Å². The van der Waals surface area contributed by atoms with Gasteiger partial charge in [0.15, 0.2) is 0 Å². The summed E-state index contributed by atoms with van der Waals surface area (Å²) in [5.74, 6) is 0.352. The second-order valence-corrected chi connectivity index (χ2v) is 7.34. The predicted octanol–water partition coefficient (Wildman–Crippen LogP) is 1.99. The third kappa shape index (κ3) is 3.42. The third-order valence-electron chi connectivity index (χ3n) is 5.91. The zero-order valence-electron chi connectivity index (χ0n) is 13.7. The third-order valence-corrected chi connectivity index (χ3v) is 5.91. The monoisotopic (exact) mass is 293 g/mol. The van der Waals surface area contributed by atoms with Crippen molar-refractivity contribution >= 4 is 5.91 Å². The van der Waals surface area contributed by atoms with E-state index in [1.807, 2.05) is 0 Å². The molecule has 4 nitrogen and oxygen atoms in total. The van der Waals surface area contributed by atoms with Gasteiger partial charge in [-0.15, -0.1) is 0 Å². The fourth-order valence-corrected chi connectivity index (χ4v) is 4.41. The van der Waals surface area contributed by atoms with Gasteiger partial charge in [-0.05, 0) is 52.5 Å². The average molecular weight is 293 g/mol. The number of likely N-dealkylation sites (tertiary alicyclic amines) is 1. The SMILES string of the molecule is CC(C(=O)N1CCCCCC1)N(C)C1CC2CCC(C1)N2. The number of likely N-dealkylation sites (N-methyl/N-ethyl adjacent to an activating group) is 1. The Kier molecular flexibility index (Phi) is 4.85. The summed E-state index contributed by atoms with van der Waals surface area (Å²) in [6, 6.07) is 1.99. The van der Waals surface area contributed by atoms with Crippen LogP contribution in [0, 0.1) is 0 Å². The van der Waals surface area contributed by atoms with Crippen LogP contribution in [0.5, 0.6) is 0 Å². The summed E-state index contributed by atoms with van der Waals surface area (Å²) in [5, 5.41) is 3.69. The van der Waals surface area contributed by atoms with E-state index in [1.165, 1.54) is 51.4 Å². The Bertz CT molecular complexity index is 353. The van der Waals surface area contributed by atoms with E-state index < -0.39 is 0 Å². The van der Waals surface area contributed by atoms with Gasteiger partial charge in [-0.1, -0.05) is 12.8 Å². The summed E-state index contributed by atoms with van der Waals surface area (Å²) in [6.45, 7) is 4.04. The Balaban J connectivity index is 1.58. The quantitative estimate of drug-likeness (QED) is 0.864. The van der Waals surface area contributed by atoms with Crippen LogP contribution in [0.1, 0.15) is 58.3 Å². The first kappa shape index (κ1) is 15.3. The lowest BCUT2D eigenvalue weighted by Crippen LogP contribution is -2.53. The highest BCUT2D eigenvalue weighted by Crippen LogP contribution is 2.30. The lowest BCUT2D eigenvalue weighted by molar-refractivity contribution is -0.137. The van der Waals surface area contributed by atoms with Crippen molar-refractivity contribution in [3.05, 3.63) is 0 Å². The summed E-state index contributed by atoms with van der Waals surface area (Å²) in [5.41, 5.74) is 0. The number of fused-ring (bicyclic) bond motifs is 2. The summed E-state index contributed by atoms with van der Waals surface area (Å²) in [4.78, 5) is 17.3. The lowest BCUT2D eigenvalue weighted by atomic mass is 9.97. The standard InChI is InChI=1S/C17H31N3O/c1-13(17(21)20-9-5-3-4-6-10-20)19(2)16-11-14-7-8-15(12-16)18-14/h13-16,18H,3-12H2,1-2H3. The molecular formula is C17H31N3O. The molecule has 3 aliphatic heterocycles. The number of hydrogen-bond donors (Lipinski definition) is 1. The van der Waals surface area contributed by atoms with E-state index in [1.54, 1.807) is 0 Å². The van der Waals surface area contributed by atoms with Crippen LogP contribution >= 0.6 is 0 Å². The Hall–Kier alpha value is -0.610. The molecule has 0 saturated carbocycles. The molecule has 0 aliphatic carbocycles. The summed E-state index contributed by atoms with van der Waals surface area (Å²) in [6.07, 6.45) is 10.00. The molecule has 120 valence electrons. The van der Waals surface area contributed by atoms with Crippen LogP contribution in [0.25, 0.3) is 0 Å². The molecule has 0 aromatic carbocycles. The first-order valence-electron chi connectivity index (χ1n) is 8.92. The van der Waals surface area contributed by atoms with E-state index in [-0.39, 0.29) is 6.04 Å². The second kappa shape index (κ2) is 6.66. The summed E-state index contributed by atoms with van der Waals surface area (Å²) < 4.78 is 0. The molecule has 21 heavy (non-hydrogen) atoms. The van der Waals surface area contributed by atoms with Crippen molar-refractivity contribution in [2.24, 2.45) is 0 Å². The number of hydrogen-bond acceptors (Lipinski definition) is 3. The molecule has 3 rings (SSSR count). The number of piperidine rings is 1. The van der Waals surface area contributed by atoms with Crippen molar-refractivity contribution in [3.63, 3.8) is 0 Å². The van der Waals surface area contributed by atoms with E-state index in [0.29, 0.717) is 24.0 Å². The van der Waals surface area contributed by atoms with Crippen LogP contribution < -0.4 is 5.32 Å². The van der Waals surface area contributed by atoms with E-state index >= 15 is 0 Å². The molecule has 3 fully saturated rings. The van der Waals surface area contributed by atoms with Gasteiger partial charge in [0.1, 0.15) is 0 Å². The summed E-state index contributed by atoms with van der Waals surface area (Å²) in [7, 11) is 2.16. The topological polar surface area (TPSA) is 35.6 Å². The van der Waals surface area contributed by atoms with Crippen LogP contribution in [0.3, 0.4) is 0 Å². The average Bonchev–Trinajstić information content (AvgIpc) is 2.73.